The summed E-state index contributed by atoms with van der Waals surface area (Å²) in [5.41, 5.74) is 0.187. The van der Waals surface area contributed by atoms with E-state index in [4.69, 9.17) is 16.3 Å². The first-order chi connectivity index (χ1) is 10.4. The van der Waals surface area contributed by atoms with Crippen molar-refractivity contribution in [1.82, 2.24) is 4.90 Å². The first-order valence-electron chi connectivity index (χ1n) is 6.98. The number of benzene rings is 1. The van der Waals surface area contributed by atoms with Crippen molar-refractivity contribution in [2.75, 3.05) is 13.1 Å². The zero-order valence-corrected chi connectivity index (χ0v) is 13.7. The Kier molecular flexibility index (Phi) is 4.71. The zero-order chi connectivity index (χ0) is 17.4. The number of alkyl halides is 3. The lowest BCUT2D eigenvalue weighted by atomic mass is 9.92. The lowest BCUT2D eigenvalue weighted by molar-refractivity contribution is -0.274. The van der Waals surface area contributed by atoms with Gasteiger partial charge in [0.05, 0.1) is 5.02 Å². The SMILES string of the molecule is CC(C)(C)OC(=O)N1CC(c2ccc(OC(F)(F)F)c(Cl)c2)C1. The van der Waals surface area contributed by atoms with Crippen LogP contribution >= 0.6 is 11.6 Å². The van der Waals surface area contributed by atoms with Gasteiger partial charge in [-0.2, -0.15) is 0 Å². The summed E-state index contributed by atoms with van der Waals surface area (Å²) in [6.45, 7) is 6.21. The maximum Gasteiger partial charge on any atom is 0.573 e. The van der Waals surface area contributed by atoms with Crippen LogP contribution in [0.15, 0.2) is 18.2 Å². The summed E-state index contributed by atoms with van der Waals surface area (Å²) in [6.07, 6.45) is -5.19. The Morgan fingerprint density at radius 3 is 2.35 bits per heavy atom. The fourth-order valence-corrected chi connectivity index (χ4v) is 2.37. The number of nitrogens with zero attached hydrogens (tertiary/aromatic N) is 1. The minimum absolute atomic E-state index is 0.0138. The molecule has 23 heavy (non-hydrogen) atoms. The predicted octanol–water partition coefficient (Wildman–Crippen LogP) is 4.57. The van der Waals surface area contributed by atoms with E-state index in [1.165, 1.54) is 23.1 Å². The Morgan fingerprint density at radius 1 is 1.26 bits per heavy atom. The van der Waals surface area contributed by atoms with Gasteiger partial charge < -0.3 is 14.4 Å². The second-order valence-electron chi connectivity index (χ2n) is 6.32. The highest BCUT2D eigenvalue weighted by molar-refractivity contribution is 6.32. The van der Waals surface area contributed by atoms with Gasteiger partial charge in [-0.25, -0.2) is 4.79 Å². The van der Waals surface area contributed by atoms with Crippen molar-refractivity contribution >= 4 is 17.7 Å². The Balaban J connectivity index is 1.95. The van der Waals surface area contributed by atoms with Crippen molar-refractivity contribution < 1.29 is 27.4 Å². The van der Waals surface area contributed by atoms with Crippen LogP contribution in [0, 0.1) is 0 Å². The molecule has 0 radical (unpaired) electrons. The van der Waals surface area contributed by atoms with Crippen LogP contribution in [0.25, 0.3) is 0 Å². The lowest BCUT2D eigenvalue weighted by Crippen LogP contribution is -2.50. The molecule has 0 bridgehead atoms. The van der Waals surface area contributed by atoms with E-state index in [1.807, 2.05) is 0 Å². The fraction of sp³-hybridized carbons (Fsp3) is 0.533. The van der Waals surface area contributed by atoms with E-state index >= 15 is 0 Å². The third-order valence-electron chi connectivity index (χ3n) is 3.19. The maximum atomic E-state index is 12.2. The Labute approximate surface area is 137 Å². The highest BCUT2D eigenvalue weighted by atomic mass is 35.5. The van der Waals surface area contributed by atoms with E-state index < -0.39 is 23.8 Å². The maximum absolute atomic E-state index is 12.2. The average Bonchev–Trinajstić information content (AvgIpc) is 2.26. The van der Waals surface area contributed by atoms with Crippen LogP contribution < -0.4 is 4.74 Å². The quantitative estimate of drug-likeness (QED) is 0.783. The van der Waals surface area contributed by atoms with E-state index in [0.717, 1.165) is 5.56 Å². The van der Waals surface area contributed by atoms with E-state index in [9.17, 15) is 18.0 Å². The van der Waals surface area contributed by atoms with Gasteiger partial charge in [-0.1, -0.05) is 17.7 Å². The number of carbonyl (C=O) groups is 1. The van der Waals surface area contributed by atoms with Gasteiger partial charge in [0.15, 0.2) is 0 Å². The number of carbonyl (C=O) groups excluding carboxylic acids is 1. The van der Waals surface area contributed by atoms with E-state index in [2.05, 4.69) is 4.74 Å². The van der Waals surface area contributed by atoms with E-state index in [-0.39, 0.29) is 10.9 Å². The molecule has 2 rings (SSSR count). The molecule has 1 heterocycles. The van der Waals surface area contributed by atoms with Crippen LogP contribution in [-0.4, -0.2) is 36.0 Å². The van der Waals surface area contributed by atoms with Gasteiger partial charge in [0.25, 0.3) is 0 Å². The van der Waals surface area contributed by atoms with Gasteiger partial charge in [-0.15, -0.1) is 13.2 Å². The lowest BCUT2D eigenvalue weighted by Gasteiger charge is -2.40. The number of rotatable bonds is 2. The third kappa shape index (κ3) is 4.92. The predicted molar refractivity (Wildman–Crippen MR) is 78.7 cm³/mol. The number of hydrogen-bond donors (Lipinski definition) is 0. The molecule has 1 aromatic carbocycles. The Hall–Kier alpha value is -1.63. The van der Waals surface area contributed by atoms with Gasteiger partial charge in [0.2, 0.25) is 0 Å². The topological polar surface area (TPSA) is 38.8 Å². The smallest absolute Gasteiger partial charge is 0.444 e. The Bertz CT molecular complexity index is 593. The number of halogens is 4. The molecule has 1 aromatic rings. The average molecular weight is 352 g/mol. The van der Waals surface area contributed by atoms with Crippen molar-refractivity contribution in [1.29, 1.82) is 0 Å². The molecular weight excluding hydrogens is 335 g/mol. The van der Waals surface area contributed by atoms with Crippen LogP contribution in [0.4, 0.5) is 18.0 Å². The highest BCUT2D eigenvalue weighted by Crippen LogP contribution is 2.35. The molecule has 0 spiro atoms. The summed E-state index contributed by atoms with van der Waals surface area (Å²) in [7, 11) is 0. The minimum Gasteiger partial charge on any atom is -0.444 e. The summed E-state index contributed by atoms with van der Waals surface area (Å²) in [5.74, 6) is -0.425. The van der Waals surface area contributed by atoms with E-state index in [0.29, 0.717) is 13.1 Å². The second-order valence-corrected chi connectivity index (χ2v) is 6.73. The second kappa shape index (κ2) is 6.11. The summed E-state index contributed by atoms with van der Waals surface area (Å²) in [5, 5.41) is -0.115. The van der Waals surface area contributed by atoms with Gasteiger partial charge in [-0.05, 0) is 38.5 Å². The molecule has 0 atom stereocenters. The molecule has 0 N–H and O–H groups in total. The van der Waals surface area contributed by atoms with Gasteiger partial charge >= 0.3 is 12.5 Å². The van der Waals surface area contributed by atoms with E-state index in [1.54, 1.807) is 20.8 Å². The summed E-state index contributed by atoms with van der Waals surface area (Å²) in [6, 6.07) is 4.13. The number of hydrogen-bond acceptors (Lipinski definition) is 3. The van der Waals surface area contributed by atoms with Crippen LogP contribution in [0.5, 0.6) is 5.75 Å². The summed E-state index contributed by atoms with van der Waals surface area (Å²) < 4.78 is 45.6. The van der Waals surface area contributed by atoms with Crippen molar-refractivity contribution in [3.8, 4) is 5.75 Å². The fourth-order valence-electron chi connectivity index (χ4n) is 2.14. The number of amides is 1. The summed E-state index contributed by atoms with van der Waals surface area (Å²) >= 11 is 5.82. The molecule has 0 aliphatic carbocycles. The standard InChI is InChI=1S/C15H17ClF3NO3/c1-14(2,3)23-13(21)20-7-10(8-20)9-4-5-12(11(16)6-9)22-15(17,18)19/h4-6,10H,7-8H2,1-3H3. The van der Waals surface area contributed by atoms with Crippen molar-refractivity contribution in [2.45, 2.75) is 38.7 Å². The molecule has 0 aromatic heterocycles. The van der Waals surface area contributed by atoms with Gasteiger partial charge in [-0.3, -0.25) is 0 Å². The minimum atomic E-state index is -4.78. The molecule has 4 nitrogen and oxygen atoms in total. The zero-order valence-electron chi connectivity index (χ0n) is 12.9. The van der Waals surface area contributed by atoms with Crippen LogP contribution in [0.3, 0.4) is 0 Å². The van der Waals surface area contributed by atoms with Crippen molar-refractivity contribution in [2.24, 2.45) is 0 Å². The first kappa shape index (κ1) is 17.7. The molecule has 1 saturated heterocycles. The third-order valence-corrected chi connectivity index (χ3v) is 3.48. The molecule has 0 saturated carbocycles. The normalized spacial score (nSPS) is 16.0. The highest BCUT2D eigenvalue weighted by Gasteiger charge is 2.35. The summed E-state index contributed by atoms with van der Waals surface area (Å²) in [4.78, 5) is 13.4. The largest absolute Gasteiger partial charge is 0.573 e. The van der Waals surface area contributed by atoms with Gasteiger partial charge in [0.1, 0.15) is 11.4 Å². The van der Waals surface area contributed by atoms with Gasteiger partial charge in [0, 0.05) is 19.0 Å². The first-order valence-corrected chi connectivity index (χ1v) is 7.35. The van der Waals surface area contributed by atoms with Crippen molar-refractivity contribution in [3.05, 3.63) is 28.8 Å². The Morgan fingerprint density at radius 2 is 1.87 bits per heavy atom. The van der Waals surface area contributed by atoms with Crippen LogP contribution in [-0.2, 0) is 4.74 Å². The van der Waals surface area contributed by atoms with Crippen LogP contribution in [0.2, 0.25) is 5.02 Å². The molecular formula is C15H17ClF3NO3. The molecule has 1 amide bonds. The van der Waals surface area contributed by atoms with Crippen LogP contribution in [0.1, 0.15) is 32.3 Å². The molecule has 8 heteroatoms. The molecule has 0 unspecified atom stereocenters. The number of likely N-dealkylation sites (tertiary alicyclic amines) is 1. The molecule has 1 aliphatic rings. The molecule has 1 fully saturated rings. The monoisotopic (exact) mass is 351 g/mol. The molecule has 128 valence electrons. The van der Waals surface area contributed by atoms with Crippen molar-refractivity contribution in [3.63, 3.8) is 0 Å². The number of ether oxygens (including phenoxy) is 2. The molecule has 1 aliphatic heterocycles.